The van der Waals surface area contributed by atoms with Crippen molar-refractivity contribution in [2.45, 2.75) is 44.6 Å². The molecule has 1 saturated heterocycles. The van der Waals surface area contributed by atoms with Crippen molar-refractivity contribution in [1.82, 2.24) is 0 Å². The highest BCUT2D eigenvalue weighted by Gasteiger charge is 2.34. The van der Waals surface area contributed by atoms with E-state index in [9.17, 15) is 0 Å². The zero-order valence-electron chi connectivity index (χ0n) is 12.1. The Balaban J connectivity index is 1.96. The zero-order chi connectivity index (χ0) is 14.8. The summed E-state index contributed by atoms with van der Waals surface area (Å²) in [5.74, 6) is 0.987. The molecule has 21 heavy (non-hydrogen) atoms. The van der Waals surface area contributed by atoms with E-state index >= 15 is 0 Å². The lowest BCUT2D eigenvalue weighted by Crippen LogP contribution is -2.36. The fourth-order valence-corrected chi connectivity index (χ4v) is 4.29. The third-order valence-electron chi connectivity index (χ3n) is 4.90. The van der Waals surface area contributed by atoms with Gasteiger partial charge >= 0.3 is 0 Å². The number of halogens is 1. The number of nitrogens with two attached hydrogens (primary N) is 1. The molecular formula is C16H22BrN3O. The van der Waals surface area contributed by atoms with Gasteiger partial charge in [0, 0.05) is 28.3 Å². The number of amidine groups is 1. The predicted octanol–water partition coefficient (Wildman–Crippen LogP) is 3.70. The minimum absolute atomic E-state index is 0.189. The van der Waals surface area contributed by atoms with E-state index in [1.807, 2.05) is 12.1 Å². The van der Waals surface area contributed by atoms with Gasteiger partial charge in [-0.15, -0.1) is 0 Å². The monoisotopic (exact) mass is 351 g/mol. The molecule has 1 aliphatic carbocycles. The van der Waals surface area contributed by atoms with Crippen molar-refractivity contribution in [1.29, 1.82) is 0 Å². The third-order valence-corrected chi connectivity index (χ3v) is 5.39. The quantitative estimate of drug-likeness (QED) is 0.377. The summed E-state index contributed by atoms with van der Waals surface area (Å²) in [5, 5.41) is 12.2. The number of hydrogen-bond acceptors (Lipinski definition) is 3. The van der Waals surface area contributed by atoms with Crippen LogP contribution in [0.1, 0.15) is 44.1 Å². The molecule has 114 valence electrons. The molecular weight excluding hydrogens is 330 g/mol. The fraction of sp³-hybridized carbons (Fsp3) is 0.562. The van der Waals surface area contributed by atoms with Crippen molar-refractivity contribution in [3.63, 3.8) is 0 Å². The maximum atomic E-state index is 9.03. The summed E-state index contributed by atoms with van der Waals surface area (Å²) in [4.78, 5) is 2.48. The van der Waals surface area contributed by atoms with Crippen LogP contribution in [0.2, 0.25) is 0 Å². The lowest BCUT2D eigenvalue weighted by atomic mass is 9.95. The second-order valence-electron chi connectivity index (χ2n) is 6.09. The topological polar surface area (TPSA) is 61.9 Å². The van der Waals surface area contributed by atoms with Crippen LogP contribution in [-0.2, 0) is 0 Å². The van der Waals surface area contributed by atoms with Gasteiger partial charge in [0.25, 0.3) is 0 Å². The van der Waals surface area contributed by atoms with Gasteiger partial charge in [0.05, 0.1) is 0 Å². The average molecular weight is 352 g/mol. The Hall–Kier alpha value is -1.23. The number of hydrogen-bond donors (Lipinski definition) is 2. The number of nitrogens with zero attached hydrogens (tertiary/aromatic N) is 2. The Kier molecular flexibility index (Phi) is 4.38. The number of benzene rings is 1. The second kappa shape index (κ2) is 6.26. The summed E-state index contributed by atoms with van der Waals surface area (Å²) >= 11 is 3.55. The first kappa shape index (κ1) is 14.7. The molecule has 0 spiro atoms. The molecule has 1 aliphatic heterocycles. The van der Waals surface area contributed by atoms with E-state index in [0.29, 0.717) is 6.04 Å². The molecule has 4 nitrogen and oxygen atoms in total. The number of rotatable bonds is 3. The van der Waals surface area contributed by atoms with E-state index in [0.717, 1.165) is 28.2 Å². The van der Waals surface area contributed by atoms with Crippen LogP contribution in [0.3, 0.4) is 0 Å². The van der Waals surface area contributed by atoms with E-state index in [1.165, 1.54) is 38.5 Å². The molecule has 0 radical (unpaired) electrons. The van der Waals surface area contributed by atoms with Gasteiger partial charge in [-0.3, -0.25) is 0 Å². The first-order chi connectivity index (χ1) is 10.2. The largest absolute Gasteiger partial charge is 0.409 e. The SMILES string of the molecule is N/C(=N/O)c1ccc(Br)cc1N1CCCC1C1CCCC1. The van der Waals surface area contributed by atoms with Gasteiger partial charge in [0.2, 0.25) is 0 Å². The molecule has 0 bridgehead atoms. The summed E-state index contributed by atoms with van der Waals surface area (Å²) < 4.78 is 1.03. The van der Waals surface area contributed by atoms with Gasteiger partial charge in [-0.05, 0) is 49.8 Å². The van der Waals surface area contributed by atoms with Crippen molar-refractivity contribution >= 4 is 27.5 Å². The van der Waals surface area contributed by atoms with Gasteiger partial charge < -0.3 is 15.8 Å². The summed E-state index contributed by atoms with van der Waals surface area (Å²) in [7, 11) is 0. The maximum absolute atomic E-state index is 9.03. The summed E-state index contributed by atoms with van der Waals surface area (Å²) in [5.41, 5.74) is 7.79. The smallest absolute Gasteiger partial charge is 0.172 e. The van der Waals surface area contributed by atoms with Crippen LogP contribution >= 0.6 is 15.9 Å². The summed E-state index contributed by atoms with van der Waals surface area (Å²) in [6.45, 7) is 1.06. The molecule has 1 saturated carbocycles. The van der Waals surface area contributed by atoms with E-state index in [4.69, 9.17) is 10.9 Å². The highest BCUT2D eigenvalue weighted by molar-refractivity contribution is 9.10. The highest BCUT2D eigenvalue weighted by atomic mass is 79.9. The molecule has 2 aliphatic rings. The first-order valence-electron chi connectivity index (χ1n) is 7.75. The van der Waals surface area contributed by atoms with Gasteiger partial charge in [-0.1, -0.05) is 33.9 Å². The Morgan fingerprint density at radius 1 is 1.24 bits per heavy atom. The maximum Gasteiger partial charge on any atom is 0.172 e. The summed E-state index contributed by atoms with van der Waals surface area (Å²) in [6, 6.07) is 6.57. The van der Waals surface area contributed by atoms with Crippen LogP contribution in [0.4, 0.5) is 5.69 Å². The van der Waals surface area contributed by atoms with E-state index in [-0.39, 0.29) is 5.84 Å². The zero-order valence-corrected chi connectivity index (χ0v) is 13.7. The molecule has 1 heterocycles. The molecule has 1 aromatic carbocycles. The minimum atomic E-state index is 0.189. The molecule has 0 aromatic heterocycles. The van der Waals surface area contributed by atoms with Crippen LogP contribution in [0, 0.1) is 5.92 Å². The lowest BCUT2D eigenvalue weighted by molar-refractivity contribution is 0.318. The predicted molar refractivity (Wildman–Crippen MR) is 89.0 cm³/mol. The van der Waals surface area contributed by atoms with E-state index in [2.05, 4.69) is 32.1 Å². The van der Waals surface area contributed by atoms with Gasteiger partial charge in [0.15, 0.2) is 5.84 Å². The van der Waals surface area contributed by atoms with Crippen molar-refractivity contribution in [3.05, 3.63) is 28.2 Å². The molecule has 1 unspecified atom stereocenters. The number of anilines is 1. The molecule has 5 heteroatoms. The number of oxime groups is 1. The molecule has 3 rings (SSSR count). The molecule has 1 atom stereocenters. The van der Waals surface area contributed by atoms with Crippen molar-refractivity contribution in [2.75, 3.05) is 11.4 Å². The molecule has 2 fully saturated rings. The normalized spacial score (nSPS) is 24.0. The fourth-order valence-electron chi connectivity index (χ4n) is 3.94. The molecule has 3 N–H and O–H groups in total. The van der Waals surface area contributed by atoms with Gasteiger partial charge in [0.1, 0.15) is 0 Å². The van der Waals surface area contributed by atoms with Crippen LogP contribution in [0.15, 0.2) is 27.8 Å². The van der Waals surface area contributed by atoms with Crippen LogP contribution in [0.25, 0.3) is 0 Å². The second-order valence-corrected chi connectivity index (χ2v) is 7.01. The average Bonchev–Trinajstić information content (AvgIpc) is 3.16. The van der Waals surface area contributed by atoms with E-state index in [1.54, 1.807) is 0 Å². The van der Waals surface area contributed by atoms with Crippen molar-refractivity contribution < 1.29 is 5.21 Å². The lowest BCUT2D eigenvalue weighted by Gasteiger charge is -2.32. The van der Waals surface area contributed by atoms with Crippen molar-refractivity contribution in [2.24, 2.45) is 16.8 Å². The Bertz CT molecular complexity index is 540. The highest BCUT2D eigenvalue weighted by Crippen LogP contribution is 2.39. The van der Waals surface area contributed by atoms with Crippen LogP contribution in [0.5, 0.6) is 0 Å². The van der Waals surface area contributed by atoms with Crippen LogP contribution < -0.4 is 10.6 Å². The van der Waals surface area contributed by atoms with Crippen LogP contribution in [-0.4, -0.2) is 23.6 Å². The first-order valence-corrected chi connectivity index (χ1v) is 8.54. The Labute approximate surface area is 134 Å². The van der Waals surface area contributed by atoms with Crippen molar-refractivity contribution in [3.8, 4) is 0 Å². The molecule has 0 amide bonds. The molecule has 1 aromatic rings. The third kappa shape index (κ3) is 2.89. The summed E-state index contributed by atoms with van der Waals surface area (Å²) in [6.07, 6.45) is 7.89. The minimum Gasteiger partial charge on any atom is -0.409 e. The Morgan fingerprint density at radius 3 is 2.71 bits per heavy atom. The van der Waals surface area contributed by atoms with Gasteiger partial charge in [-0.2, -0.15) is 0 Å². The Morgan fingerprint density at radius 2 is 2.00 bits per heavy atom. The standard InChI is InChI=1S/C16H22BrN3O/c17-12-7-8-13(16(18)19-21)15(10-12)20-9-3-6-14(20)11-4-1-2-5-11/h7-8,10-11,14,21H,1-6,9H2,(H2,18,19). The van der Waals surface area contributed by atoms with Gasteiger partial charge in [-0.25, -0.2) is 0 Å². The van der Waals surface area contributed by atoms with E-state index < -0.39 is 0 Å².